The number of carbonyl (C=O) groups is 1. The zero-order valence-corrected chi connectivity index (χ0v) is 6.10. The predicted molar refractivity (Wildman–Crippen MR) is 36.2 cm³/mol. The summed E-state index contributed by atoms with van der Waals surface area (Å²) in [6.45, 7) is 2.22. The molecule has 0 fully saturated rings. The Morgan fingerprint density at radius 3 is 2.78 bits per heavy atom. The van der Waals surface area contributed by atoms with Crippen molar-refractivity contribution in [2.24, 2.45) is 0 Å². The summed E-state index contributed by atoms with van der Waals surface area (Å²) in [6.07, 6.45) is 0.756. The molecule has 0 rings (SSSR count). The van der Waals surface area contributed by atoms with Crippen LogP contribution in [0, 0.1) is 0 Å². The molecule has 0 aromatic rings. The lowest BCUT2D eigenvalue weighted by Crippen LogP contribution is -2.17. The third kappa shape index (κ3) is 4.29. The molecule has 0 spiro atoms. The van der Waals surface area contributed by atoms with Crippen LogP contribution in [-0.2, 0) is 9.53 Å². The van der Waals surface area contributed by atoms with Crippen LogP contribution in [0.3, 0.4) is 0 Å². The molecule has 0 bridgehead atoms. The summed E-state index contributed by atoms with van der Waals surface area (Å²) in [7, 11) is 0. The SMILES string of the molecule is CCCOC(=O)C(O)S. The molecule has 0 saturated carbocycles. The Kier molecular flexibility index (Phi) is 4.53. The Morgan fingerprint density at radius 1 is 1.89 bits per heavy atom. The van der Waals surface area contributed by atoms with Gasteiger partial charge in [-0.25, -0.2) is 4.79 Å². The largest absolute Gasteiger partial charge is 0.463 e. The number of rotatable bonds is 3. The van der Waals surface area contributed by atoms with E-state index in [0.29, 0.717) is 6.61 Å². The van der Waals surface area contributed by atoms with Gasteiger partial charge in [0, 0.05) is 0 Å². The van der Waals surface area contributed by atoms with E-state index in [0.717, 1.165) is 6.42 Å². The van der Waals surface area contributed by atoms with Crippen molar-refractivity contribution >= 4 is 18.6 Å². The number of aliphatic hydroxyl groups excluding tert-OH is 1. The van der Waals surface area contributed by atoms with Crippen molar-refractivity contribution in [3.8, 4) is 0 Å². The van der Waals surface area contributed by atoms with Crippen LogP contribution in [0.2, 0.25) is 0 Å². The molecule has 1 unspecified atom stereocenters. The topological polar surface area (TPSA) is 46.5 Å². The Bertz CT molecular complexity index is 92.2. The van der Waals surface area contributed by atoms with E-state index in [1.165, 1.54) is 0 Å². The second-order valence-corrected chi connectivity index (χ2v) is 2.03. The first-order chi connectivity index (χ1) is 4.18. The summed E-state index contributed by atoms with van der Waals surface area (Å²) in [5, 5.41) is 8.44. The van der Waals surface area contributed by atoms with E-state index in [9.17, 15) is 4.79 Å². The van der Waals surface area contributed by atoms with Gasteiger partial charge < -0.3 is 9.84 Å². The fourth-order valence-electron chi connectivity index (χ4n) is 0.277. The number of ether oxygens (including phenoxy) is 1. The van der Waals surface area contributed by atoms with Gasteiger partial charge in [0.05, 0.1) is 6.61 Å². The molecule has 4 heteroatoms. The van der Waals surface area contributed by atoms with E-state index >= 15 is 0 Å². The van der Waals surface area contributed by atoms with Gasteiger partial charge in [-0.15, -0.1) is 12.6 Å². The van der Waals surface area contributed by atoms with E-state index in [-0.39, 0.29) is 0 Å². The van der Waals surface area contributed by atoms with Crippen LogP contribution in [0.4, 0.5) is 0 Å². The lowest BCUT2D eigenvalue weighted by Gasteiger charge is -2.02. The normalized spacial score (nSPS) is 12.8. The van der Waals surface area contributed by atoms with Crippen LogP contribution in [0.1, 0.15) is 13.3 Å². The summed E-state index contributed by atoms with van der Waals surface area (Å²) >= 11 is 3.45. The molecule has 1 N–H and O–H groups in total. The zero-order chi connectivity index (χ0) is 7.28. The van der Waals surface area contributed by atoms with Gasteiger partial charge >= 0.3 is 5.97 Å². The lowest BCUT2D eigenvalue weighted by atomic mass is 10.5. The number of hydrogen-bond acceptors (Lipinski definition) is 4. The van der Waals surface area contributed by atoms with Crippen molar-refractivity contribution in [2.45, 2.75) is 18.8 Å². The van der Waals surface area contributed by atoms with Crippen molar-refractivity contribution in [1.29, 1.82) is 0 Å². The number of carbonyl (C=O) groups excluding carboxylic acids is 1. The maximum Gasteiger partial charge on any atom is 0.345 e. The highest BCUT2D eigenvalue weighted by Crippen LogP contribution is 1.92. The molecular formula is C5H10O3S. The molecule has 0 aliphatic rings. The molecule has 1 atom stereocenters. The maximum absolute atomic E-state index is 10.4. The molecule has 0 aliphatic heterocycles. The summed E-state index contributed by atoms with van der Waals surface area (Å²) in [6, 6.07) is 0. The minimum atomic E-state index is -1.29. The predicted octanol–water partition coefficient (Wildman–Crippen LogP) is 0.188. The van der Waals surface area contributed by atoms with E-state index < -0.39 is 11.4 Å². The molecule has 0 heterocycles. The third-order valence-corrected chi connectivity index (χ3v) is 0.870. The molecule has 9 heavy (non-hydrogen) atoms. The quantitative estimate of drug-likeness (QED) is 0.343. The first-order valence-electron chi connectivity index (χ1n) is 2.71. The highest BCUT2D eigenvalue weighted by Gasteiger charge is 2.09. The Hall–Kier alpha value is -0.220. The highest BCUT2D eigenvalue weighted by atomic mass is 32.1. The van der Waals surface area contributed by atoms with Crippen molar-refractivity contribution in [3.05, 3.63) is 0 Å². The van der Waals surface area contributed by atoms with E-state index in [1.807, 2.05) is 6.92 Å². The van der Waals surface area contributed by atoms with Gasteiger partial charge in [0.1, 0.15) is 0 Å². The average Bonchev–Trinajstić information content (AvgIpc) is 1.82. The average molecular weight is 150 g/mol. The molecule has 0 aromatic carbocycles. The third-order valence-electron chi connectivity index (χ3n) is 0.659. The number of aliphatic hydroxyl groups is 1. The Morgan fingerprint density at radius 2 is 2.44 bits per heavy atom. The van der Waals surface area contributed by atoms with Crippen molar-refractivity contribution in [3.63, 3.8) is 0 Å². The van der Waals surface area contributed by atoms with Gasteiger partial charge in [0.2, 0.25) is 0 Å². The van der Waals surface area contributed by atoms with E-state index in [2.05, 4.69) is 17.4 Å². The summed E-state index contributed by atoms with van der Waals surface area (Å²) < 4.78 is 4.49. The maximum atomic E-state index is 10.4. The van der Waals surface area contributed by atoms with Crippen LogP contribution >= 0.6 is 12.6 Å². The molecule has 0 radical (unpaired) electrons. The van der Waals surface area contributed by atoms with Gasteiger partial charge in [-0.2, -0.15) is 0 Å². The monoisotopic (exact) mass is 150 g/mol. The van der Waals surface area contributed by atoms with Crippen molar-refractivity contribution in [1.82, 2.24) is 0 Å². The lowest BCUT2D eigenvalue weighted by molar-refractivity contribution is -0.148. The van der Waals surface area contributed by atoms with E-state index in [4.69, 9.17) is 5.11 Å². The fourth-order valence-corrected chi connectivity index (χ4v) is 0.352. The van der Waals surface area contributed by atoms with Gasteiger partial charge in [0.25, 0.3) is 0 Å². The summed E-state index contributed by atoms with van der Waals surface area (Å²) in [5.74, 6) is -0.680. The van der Waals surface area contributed by atoms with Crippen LogP contribution in [0.25, 0.3) is 0 Å². The molecule has 0 aliphatic carbocycles. The van der Waals surface area contributed by atoms with E-state index in [1.54, 1.807) is 0 Å². The Labute approximate surface area is 59.4 Å². The summed E-state index contributed by atoms with van der Waals surface area (Å²) in [4.78, 5) is 10.4. The zero-order valence-electron chi connectivity index (χ0n) is 5.20. The van der Waals surface area contributed by atoms with Crippen LogP contribution in [0.15, 0.2) is 0 Å². The molecule has 54 valence electrons. The molecular weight excluding hydrogens is 140 g/mol. The number of esters is 1. The van der Waals surface area contributed by atoms with Crippen molar-refractivity contribution < 1.29 is 14.6 Å². The molecule has 0 aromatic heterocycles. The Balaban J connectivity index is 3.28. The number of thiol groups is 1. The van der Waals surface area contributed by atoms with Gasteiger partial charge in [0.15, 0.2) is 5.44 Å². The second-order valence-electron chi connectivity index (χ2n) is 1.54. The van der Waals surface area contributed by atoms with Crippen molar-refractivity contribution in [2.75, 3.05) is 6.61 Å². The standard InChI is InChI=1S/C5H10O3S/c1-2-3-8-4(6)5(7)9/h5,7,9H,2-3H2,1H3. The first kappa shape index (κ1) is 8.78. The smallest absolute Gasteiger partial charge is 0.345 e. The first-order valence-corrected chi connectivity index (χ1v) is 3.23. The second kappa shape index (κ2) is 4.64. The number of hydrogen-bond donors (Lipinski definition) is 2. The molecule has 3 nitrogen and oxygen atoms in total. The molecule has 0 saturated heterocycles. The van der Waals surface area contributed by atoms with Gasteiger partial charge in [-0.05, 0) is 6.42 Å². The van der Waals surface area contributed by atoms with Crippen LogP contribution in [0.5, 0.6) is 0 Å². The highest BCUT2D eigenvalue weighted by molar-refractivity contribution is 7.81. The van der Waals surface area contributed by atoms with Crippen LogP contribution < -0.4 is 0 Å². The fraction of sp³-hybridized carbons (Fsp3) is 0.800. The molecule has 0 amide bonds. The minimum absolute atomic E-state index is 0.344. The van der Waals surface area contributed by atoms with Gasteiger partial charge in [-0.3, -0.25) is 0 Å². The van der Waals surface area contributed by atoms with Crippen LogP contribution in [-0.4, -0.2) is 23.1 Å². The van der Waals surface area contributed by atoms with Gasteiger partial charge in [-0.1, -0.05) is 6.92 Å². The minimum Gasteiger partial charge on any atom is -0.463 e. The summed E-state index contributed by atoms with van der Waals surface area (Å²) in [5.41, 5.74) is -1.29.